The van der Waals surface area contributed by atoms with Crippen molar-refractivity contribution in [1.29, 1.82) is 0 Å². The lowest BCUT2D eigenvalue weighted by Crippen LogP contribution is -1.96. The molecule has 0 aliphatic heterocycles. The molecule has 1 N–H and O–H groups in total. The van der Waals surface area contributed by atoms with Crippen molar-refractivity contribution in [2.75, 3.05) is 0 Å². The van der Waals surface area contributed by atoms with Gasteiger partial charge in [-0.1, -0.05) is 44.4 Å². The van der Waals surface area contributed by atoms with Crippen molar-refractivity contribution in [3.05, 3.63) is 29.8 Å². The Kier molecular flexibility index (Phi) is 6.20. The summed E-state index contributed by atoms with van der Waals surface area (Å²) >= 11 is 0. The van der Waals surface area contributed by atoms with Gasteiger partial charge in [-0.15, -0.1) is 0 Å². The minimum Gasteiger partial charge on any atom is -0.282 e. The van der Waals surface area contributed by atoms with Crippen molar-refractivity contribution in [3.63, 3.8) is 0 Å². The number of hydrogen-bond donors (Lipinski definition) is 1. The van der Waals surface area contributed by atoms with Crippen LogP contribution in [0.4, 0.5) is 0 Å². The van der Waals surface area contributed by atoms with Gasteiger partial charge in [0.05, 0.1) is 4.90 Å². The first kappa shape index (κ1) is 14.1. The zero-order chi connectivity index (χ0) is 11.9. The lowest BCUT2D eigenvalue weighted by Gasteiger charge is -1.95. The summed E-state index contributed by atoms with van der Waals surface area (Å²) in [5.41, 5.74) is 0.956. The highest BCUT2D eigenvalue weighted by Crippen LogP contribution is 2.08. The molecule has 0 heterocycles. The molecule has 0 spiro atoms. The summed E-state index contributed by atoms with van der Waals surface area (Å²) in [5.74, 6) is 0. The van der Waals surface area contributed by atoms with E-state index in [4.69, 9.17) is 4.55 Å². The topological polar surface area (TPSA) is 54.4 Å². The quantitative estimate of drug-likeness (QED) is 0.794. The van der Waals surface area contributed by atoms with Gasteiger partial charge in [0.2, 0.25) is 0 Å². The maximum atomic E-state index is 10.5. The Bertz CT molecular complexity index is 363. The maximum absolute atomic E-state index is 10.5. The van der Waals surface area contributed by atoms with E-state index in [0.717, 1.165) is 5.56 Å². The smallest absolute Gasteiger partial charge is 0.282 e. The van der Waals surface area contributed by atoms with Crippen molar-refractivity contribution in [1.82, 2.24) is 0 Å². The van der Waals surface area contributed by atoms with Crippen LogP contribution in [0.1, 0.15) is 32.3 Å². The first-order valence-corrected chi connectivity index (χ1v) is 6.40. The van der Waals surface area contributed by atoms with Crippen LogP contribution in [-0.2, 0) is 10.1 Å². The van der Waals surface area contributed by atoms with Gasteiger partial charge in [-0.25, -0.2) is 0 Å². The molecule has 0 radical (unpaired) electrons. The van der Waals surface area contributed by atoms with Crippen molar-refractivity contribution in [3.8, 4) is 0 Å². The van der Waals surface area contributed by atoms with Crippen LogP contribution in [0, 0.1) is 6.92 Å². The Labute approximate surface area is 91.9 Å². The lowest BCUT2D eigenvalue weighted by atomic mass is 10.2. The molecular weight excluding hydrogens is 212 g/mol. The average Bonchev–Trinajstić information content (AvgIpc) is 2.17. The molecule has 0 atom stereocenters. The highest BCUT2D eigenvalue weighted by atomic mass is 32.2. The third-order valence-corrected chi connectivity index (χ3v) is 2.69. The molecule has 1 rings (SSSR count). The molecule has 86 valence electrons. The zero-order valence-electron chi connectivity index (χ0n) is 9.40. The molecular formula is C11H18O3S. The van der Waals surface area contributed by atoms with E-state index < -0.39 is 10.1 Å². The predicted octanol–water partition coefficient (Wildman–Crippen LogP) is 3.05. The molecule has 0 saturated carbocycles. The van der Waals surface area contributed by atoms with Crippen LogP contribution in [0.15, 0.2) is 29.2 Å². The molecule has 0 fully saturated rings. The van der Waals surface area contributed by atoms with Gasteiger partial charge < -0.3 is 0 Å². The van der Waals surface area contributed by atoms with Crippen molar-refractivity contribution in [2.24, 2.45) is 0 Å². The van der Waals surface area contributed by atoms with Gasteiger partial charge >= 0.3 is 0 Å². The van der Waals surface area contributed by atoms with Gasteiger partial charge in [0.1, 0.15) is 0 Å². The molecule has 15 heavy (non-hydrogen) atoms. The minimum atomic E-state index is -4.02. The third-order valence-electron chi connectivity index (χ3n) is 1.82. The van der Waals surface area contributed by atoms with E-state index in [9.17, 15) is 8.42 Å². The summed E-state index contributed by atoms with van der Waals surface area (Å²) in [6, 6.07) is 5.99. The van der Waals surface area contributed by atoms with Crippen LogP contribution in [0.2, 0.25) is 0 Å². The molecule has 0 aliphatic rings. The van der Waals surface area contributed by atoms with E-state index in [-0.39, 0.29) is 4.90 Å². The highest BCUT2D eigenvalue weighted by molar-refractivity contribution is 7.85. The largest absolute Gasteiger partial charge is 0.294 e. The van der Waals surface area contributed by atoms with Crippen molar-refractivity contribution < 1.29 is 13.0 Å². The van der Waals surface area contributed by atoms with Gasteiger partial charge in [-0.2, -0.15) is 8.42 Å². The zero-order valence-corrected chi connectivity index (χ0v) is 10.2. The van der Waals surface area contributed by atoms with Crippen LogP contribution >= 0.6 is 0 Å². The number of aryl methyl sites for hydroxylation is 1. The number of benzene rings is 1. The Morgan fingerprint density at radius 2 is 1.47 bits per heavy atom. The second kappa shape index (κ2) is 6.58. The summed E-state index contributed by atoms with van der Waals surface area (Å²) in [6.45, 7) is 6.20. The molecule has 1 aromatic carbocycles. The average molecular weight is 230 g/mol. The fourth-order valence-corrected chi connectivity index (χ4v) is 1.19. The Morgan fingerprint density at radius 1 is 1.07 bits per heavy atom. The first-order valence-electron chi connectivity index (χ1n) is 4.96. The number of hydrogen-bond acceptors (Lipinski definition) is 2. The van der Waals surface area contributed by atoms with Crippen LogP contribution < -0.4 is 0 Å². The summed E-state index contributed by atoms with van der Waals surface area (Å²) in [6.07, 6.45) is 2.64. The SMILES string of the molecule is CCCC.Cc1ccc(S(=O)(=O)O)cc1. The van der Waals surface area contributed by atoms with Crippen molar-refractivity contribution >= 4 is 10.1 Å². The van der Waals surface area contributed by atoms with Gasteiger partial charge in [0.15, 0.2) is 0 Å². The monoisotopic (exact) mass is 230 g/mol. The lowest BCUT2D eigenvalue weighted by molar-refractivity contribution is 0.483. The van der Waals surface area contributed by atoms with Crippen LogP contribution in [0.3, 0.4) is 0 Å². The summed E-state index contributed by atoms with van der Waals surface area (Å²) in [5, 5.41) is 0. The van der Waals surface area contributed by atoms with E-state index in [1.54, 1.807) is 12.1 Å². The van der Waals surface area contributed by atoms with Gasteiger partial charge in [0.25, 0.3) is 10.1 Å². The van der Waals surface area contributed by atoms with Crippen molar-refractivity contribution in [2.45, 2.75) is 38.5 Å². The van der Waals surface area contributed by atoms with E-state index >= 15 is 0 Å². The standard InChI is InChI=1S/C7H8O3S.C4H10/c1-6-2-4-7(5-3-6)11(8,9)10;1-3-4-2/h2-5H,1H3,(H,8,9,10);3-4H2,1-2H3. The van der Waals surface area contributed by atoms with Crippen LogP contribution in [-0.4, -0.2) is 13.0 Å². The molecule has 0 saturated heterocycles. The Morgan fingerprint density at radius 3 is 1.73 bits per heavy atom. The molecule has 0 amide bonds. The third kappa shape index (κ3) is 6.25. The fraction of sp³-hybridized carbons (Fsp3) is 0.455. The fourth-order valence-electron chi connectivity index (χ4n) is 0.710. The second-order valence-corrected chi connectivity index (χ2v) is 4.71. The second-order valence-electron chi connectivity index (χ2n) is 3.29. The highest BCUT2D eigenvalue weighted by Gasteiger charge is 2.06. The normalized spacial score (nSPS) is 10.4. The molecule has 4 heteroatoms. The molecule has 1 aromatic rings. The summed E-state index contributed by atoms with van der Waals surface area (Å²) < 4.78 is 29.6. The molecule has 0 unspecified atom stereocenters. The predicted molar refractivity (Wildman–Crippen MR) is 61.6 cm³/mol. The van der Waals surface area contributed by atoms with Gasteiger partial charge in [0, 0.05) is 0 Å². The molecule has 0 aliphatic carbocycles. The number of rotatable bonds is 2. The van der Waals surface area contributed by atoms with E-state index in [0.29, 0.717) is 0 Å². The minimum absolute atomic E-state index is 0.0666. The number of unbranched alkanes of at least 4 members (excludes halogenated alkanes) is 1. The maximum Gasteiger partial charge on any atom is 0.294 e. The Balaban J connectivity index is 0.000000423. The Hall–Kier alpha value is -0.870. The summed E-state index contributed by atoms with van der Waals surface area (Å²) in [4.78, 5) is -0.0666. The molecule has 0 aromatic heterocycles. The van der Waals surface area contributed by atoms with E-state index in [1.807, 2.05) is 6.92 Å². The van der Waals surface area contributed by atoms with E-state index in [2.05, 4.69) is 13.8 Å². The molecule has 0 bridgehead atoms. The van der Waals surface area contributed by atoms with Gasteiger partial charge in [-0.05, 0) is 19.1 Å². The summed E-state index contributed by atoms with van der Waals surface area (Å²) in [7, 11) is -4.02. The van der Waals surface area contributed by atoms with E-state index in [1.165, 1.54) is 25.0 Å². The molecule has 3 nitrogen and oxygen atoms in total. The van der Waals surface area contributed by atoms with Crippen LogP contribution in [0.5, 0.6) is 0 Å². The van der Waals surface area contributed by atoms with Crippen LogP contribution in [0.25, 0.3) is 0 Å². The first-order chi connectivity index (χ1) is 6.91. The van der Waals surface area contributed by atoms with Gasteiger partial charge in [-0.3, -0.25) is 4.55 Å².